The zero-order valence-electron chi connectivity index (χ0n) is 10.7. The number of aromatic carboxylic acids is 1. The summed E-state index contributed by atoms with van der Waals surface area (Å²) in [4.78, 5) is 23.9. The van der Waals surface area contributed by atoms with Gasteiger partial charge in [0.15, 0.2) is 5.76 Å². The molecule has 1 aromatic rings. The van der Waals surface area contributed by atoms with Crippen LogP contribution in [0.4, 0.5) is 0 Å². The normalized spacial score (nSPS) is 10.7. The van der Waals surface area contributed by atoms with Gasteiger partial charge in [0, 0.05) is 19.7 Å². The Labute approximate surface area is 105 Å². The maximum Gasteiger partial charge on any atom is 0.338 e. The minimum Gasteiger partial charge on any atom is -0.478 e. The largest absolute Gasteiger partial charge is 0.478 e. The molecule has 1 amide bonds. The Kier molecular flexibility index (Phi) is 4.91. The Morgan fingerprint density at radius 1 is 1.50 bits per heavy atom. The van der Waals surface area contributed by atoms with E-state index in [-0.39, 0.29) is 23.3 Å². The minimum absolute atomic E-state index is 0.0134. The van der Waals surface area contributed by atoms with E-state index in [2.05, 4.69) is 0 Å². The molecule has 0 spiro atoms. The molecule has 6 heteroatoms. The third-order valence-corrected chi connectivity index (χ3v) is 2.28. The van der Waals surface area contributed by atoms with Crippen molar-refractivity contribution in [2.24, 2.45) is 0 Å². The lowest BCUT2D eigenvalue weighted by molar-refractivity contribution is 0.0515. The van der Waals surface area contributed by atoms with Gasteiger partial charge in [-0.05, 0) is 13.8 Å². The second-order valence-corrected chi connectivity index (χ2v) is 4.15. The molecule has 1 aromatic heterocycles. The molecule has 0 saturated carbocycles. The van der Waals surface area contributed by atoms with Gasteiger partial charge in [0.1, 0.15) is 6.26 Å². The number of amides is 1. The van der Waals surface area contributed by atoms with Gasteiger partial charge in [0.05, 0.1) is 18.3 Å². The van der Waals surface area contributed by atoms with E-state index in [4.69, 9.17) is 14.3 Å². The lowest BCUT2D eigenvalue weighted by Crippen LogP contribution is -2.30. The predicted molar refractivity (Wildman–Crippen MR) is 63.7 cm³/mol. The average molecular weight is 255 g/mol. The van der Waals surface area contributed by atoms with Crippen molar-refractivity contribution in [3.63, 3.8) is 0 Å². The van der Waals surface area contributed by atoms with Crippen molar-refractivity contribution >= 4 is 11.9 Å². The quantitative estimate of drug-likeness (QED) is 0.832. The molecule has 0 aliphatic rings. The fourth-order valence-electron chi connectivity index (χ4n) is 1.28. The fourth-order valence-corrected chi connectivity index (χ4v) is 1.28. The molecular formula is C12H17NO5. The van der Waals surface area contributed by atoms with Crippen LogP contribution in [0, 0.1) is 0 Å². The molecule has 0 fully saturated rings. The van der Waals surface area contributed by atoms with Crippen molar-refractivity contribution < 1.29 is 23.8 Å². The predicted octanol–water partition coefficient (Wildman–Crippen LogP) is 1.47. The van der Waals surface area contributed by atoms with Gasteiger partial charge in [-0.25, -0.2) is 4.79 Å². The number of hydrogen-bond donors (Lipinski definition) is 1. The summed E-state index contributed by atoms with van der Waals surface area (Å²) >= 11 is 0. The van der Waals surface area contributed by atoms with Gasteiger partial charge < -0.3 is 19.2 Å². The molecule has 6 nitrogen and oxygen atoms in total. The highest BCUT2D eigenvalue weighted by Crippen LogP contribution is 2.10. The SMILES string of the molecule is CC(C)OCCN(C)C(=O)c1cc(C(=O)O)co1. The van der Waals surface area contributed by atoms with Crippen molar-refractivity contribution in [2.45, 2.75) is 20.0 Å². The number of hydrogen-bond acceptors (Lipinski definition) is 4. The maximum absolute atomic E-state index is 11.8. The van der Waals surface area contributed by atoms with Crippen LogP contribution >= 0.6 is 0 Å². The molecule has 0 aromatic carbocycles. The van der Waals surface area contributed by atoms with Crippen LogP contribution in [0.5, 0.6) is 0 Å². The van der Waals surface area contributed by atoms with Crippen LogP contribution in [0.1, 0.15) is 34.8 Å². The second-order valence-electron chi connectivity index (χ2n) is 4.15. The first kappa shape index (κ1) is 14.2. The van der Waals surface area contributed by atoms with Gasteiger partial charge in [-0.3, -0.25) is 4.79 Å². The molecule has 0 unspecified atom stereocenters. The minimum atomic E-state index is -1.12. The topological polar surface area (TPSA) is 80.0 Å². The zero-order valence-corrected chi connectivity index (χ0v) is 10.7. The van der Waals surface area contributed by atoms with Gasteiger partial charge in [-0.1, -0.05) is 0 Å². The van der Waals surface area contributed by atoms with Crippen LogP contribution < -0.4 is 0 Å². The van der Waals surface area contributed by atoms with Crippen LogP contribution in [0.3, 0.4) is 0 Å². The molecule has 0 atom stereocenters. The van der Waals surface area contributed by atoms with Crippen LogP contribution in [-0.4, -0.2) is 48.2 Å². The van der Waals surface area contributed by atoms with E-state index in [9.17, 15) is 9.59 Å². The van der Waals surface area contributed by atoms with Crippen molar-refractivity contribution in [3.8, 4) is 0 Å². The van der Waals surface area contributed by atoms with E-state index >= 15 is 0 Å². The van der Waals surface area contributed by atoms with Gasteiger partial charge in [-0.2, -0.15) is 0 Å². The standard InChI is InChI=1S/C12H17NO5/c1-8(2)17-5-4-13(3)11(14)10-6-9(7-18-10)12(15)16/h6-8H,4-5H2,1-3H3,(H,15,16). The van der Waals surface area contributed by atoms with E-state index in [1.54, 1.807) is 7.05 Å². The third kappa shape index (κ3) is 3.89. The second kappa shape index (κ2) is 6.20. The summed E-state index contributed by atoms with van der Waals surface area (Å²) in [7, 11) is 1.61. The first-order valence-corrected chi connectivity index (χ1v) is 5.60. The number of carboxylic acids is 1. The molecule has 1 heterocycles. The van der Waals surface area contributed by atoms with E-state index < -0.39 is 5.97 Å². The van der Waals surface area contributed by atoms with Crippen LogP contribution in [0.2, 0.25) is 0 Å². The van der Waals surface area contributed by atoms with E-state index in [1.165, 1.54) is 11.0 Å². The summed E-state index contributed by atoms with van der Waals surface area (Å²) < 4.78 is 10.2. The third-order valence-electron chi connectivity index (χ3n) is 2.28. The summed E-state index contributed by atoms with van der Waals surface area (Å²) in [5, 5.41) is 8.72. The maximum atomic E-state index is 11.8. The Morgan fingerprint density at radius 3 is 2.67 bits per heavy atom. The molecule has 0 bridgehead atoms. The number of carboxylic acid groups (broad SMARTS) is 1. The van der Waals surface area contributed by atoms with Crippen molar-refractivity contribution in [2.75, 3.05) is 20.2 Å². The smallest absolute Gasteiger partial charge is 0.338 e. The molecule has 1 rings (SSSR count). The van der Waals surface area contributed by atoms with Gasteiger partial charge in [0.25, 0.3) is 5.91 Å². The summed E-state index contributed by atoms with van der Waals surface area (Å²) in [6.45, 7) is 4.66. The van der Waals surface area contributed by atoms with E-state index in [0.29, 0.717) is 13.2 Å². The summed E-state index contributed by atoms with van der Waals surface area (Å²) in [6, 6.07) is 1.21. The Balaban J connectivity index is 2.54. The van der Waals surface area contributed by atoms with Crippen LogP contribution in [-0.2, 0) is 4.74 Å². The van der Waals surface area contributed by atoms with Gasteiger partial charge in [-0.15, -0.1) is 0 Å². The van der Waals surface area contributed by atoms with E-state index in [0.717, 1.165) is 6.26 Å². The lowest BCUT2D eigenvalue weighted by atomic mass is 10.3. The van der Waals surface area contributed by atoms with E-state index in [1.807, 2.05) is 13.8 Å². The molecule has 1 N–H and O–H groups in total. The number of carbonyl (C=O) groups is 2. The fraction of sp³-hybridized carbons (Fsp3) is 0.500. The number of nitrogens with zero attached hydrogens (tertiary/aromatic N) is 1. The van der Waals surface area contributed by atoms with Gasteiger partial charge in [0.2, 0.25) is 0 Å². The lowest BCUT2D eigenvalue weighted by Gasteiger charge is -2.16. The Morgan fingerprint density at radius 2 is 2.17 bits per heavy atom. The summed E-state index contributed by atoms with van der Waals surface area (Å²) in [5.41, 5.74) is -0.0369. The van der Waals surface area contributed by atoms with Gasteiger partial charge >= 0.3 is 5.97 Å². The highest BCUT2D eigenvalue weighted by Gasteiger charge is 2.18. The van der Waals surface area contributed by atoms with Crippen molar-refractivity contribution in [1.82, 2.24) is 4.90 Å². The number of furan rings is 1. The van der Waals surface area contributed by atoms with Crippen molar-refractivity contribution in [3.05, 3.63) is 23.7 Å². The first-order valence-electron chi connectivity index (χ1n) is 5.60. The molecule has 0 saturated heterocycles. The average Bonchev–Trinajstić information content (AvgIpc) is 2.76. The number of rotatable bonds is 6. The zero-order chi connectivity index (χ0) is 13.7. The summed E-state index contributed by atoms with van der Waals surface area (Å²) in [6.07, 6.45) is 1.16. The molecule has 0 aliphatic carbocycles. The molecule has 0 radical (unpaired) electrons. The highest BCUT2D eigenvalue weighted by molar-refractivity contribution is 5.95. The number of likely N-dealkylation sites (N-methyl/N-ethyl adjacent to an activating group) is 1. The molecule has 100 valence electrons. The number of ether oxygens (including phenoxy) is 1. The first-order chi connectivity index (χ1) is 8.41. The Bertz CT molecular complexity index is 424. The van der Waals surface area contributed by atoms with Crippen LogP contribution in [0.15, 0.2) is 16.7 Å². The highest BCUT2D eigenvalue weighted by atomic mass is 16.5. The summed E-state index contributed by atoms with van der Waals surface area (Å²) in [5.74, 6) is -1.47. The molecular weight excluding hydrogens is 238 g/mol. The van der Waals surface area contributed by atoms with Crippen LogP contribution in [0.25, 0.3) is 0 Å². The Hall–Kier alpha value is -1.82. The molecule has 18 heavy (non-hydrogen) atoms. The number of carbonyl (C=O) groups excluding carboxylic acids is 1. The van der Waals surface area contributed by atoms with Crippen molar-refractivity contribution in [1.29, 1.82) is 0 Å². The molecule has 0 aliphatic heterocycles. The monoisotopic (exact) mass is 255 g/mol.